The molecule has 1 saturated heterocycles. The van der Waals surface area contributed by atoms with Gasteiger partial charge in [-0.2, -0.15) is 0 Å². The van der Waals surface area contributed by atoms with E-state index in [1.54, 1.807) is 30.7 Å². The molecule has 0 unspecified atom stereocenters. The van der Waals surface area contributed by atoms with E-state index < -0.39 is 0 Å². The van der Waals surface area contributed by atoms with Crippen LogP contribution >= 0.6 is 0 Å². The molecule has 1 atom stereocenters. The van der Waals surface area contributed by atoms with E-state index in [-0.39, 0.29) is 11.9 Å². The molecular weight excluding hydrogens is 368 g/mol. The fraction of sp³-hybridized carbons (Fsp3) is 0.381. The first kappa shape index (κ1) is 19.0. The number of nitrogens with zero attached hydrogens (tertiary/aromatic N) is 6. The lowest BCUT2D eigenvalue weighted by Crippen LogP contribution is -2.31. The van der Waals surface area contributed by atoms with E-state index in [1.165, 1.54) is 0 Å². The Bertz CT molecular complexity index is 1030. The van der Waals surface area contributed by atoms with Crippen molar-refractivity contribution in [3.8, 4) is 11.3 Å². The molecule has 1 fully saturated rings. The fourth-order valence-electron chi connectivity index (χ4n) is 3.65. The highest BCUT2D eigenvalue weighted by Crippen LogP contribution is 2.39. The molecule has 150 valence electrons. The van der Waals surface area contributed by atoms with Crippen LogP contribution in [0.3, 0.4) is 0 Å². The molecule has 0 aromatic carbocycles. The van der Waals surface area contributed by atoms with Gasteiger partial charge in [0.05, 0.1) is 23.0 Å². The first-order valence-corrected chi connectivity index (χ1v) is 9.66. The van der Waals surface area contributed by atoms with Gasteiger partial charge in [-0.05, 0) is 38.8 Å². The third-order valence-electron chi connectivity index (χ3n) is 5.36. The molecule has 0 spiro atoms. The molecular formula is C21H24N6O2. The summed E-state index contributed by atoms with van der Waals surface area (Å²) in [5.41, 5.74) is 3.99. The summed E-state index contributed by atoms with van der Waals surface area (Å²) in [6.45, 7) is 4.56. The van der Waals surface area contributed by atoms with Gasteiger partial charge in [-0.25, -0.2) is 9.97 Å². The fourth-order valence-corrected chi connectivity index (χ4v) is 3.65. The Morgan fingerprint density at radius 1 is 1.24 bits per heavy atom. The smallest absolute Gasteiger partial charge is 0.254 e. The number of pyridine rings is 1. The second kappa shape index (κ2) is 7.62. The molecule has 4 heterocycles. The summed E-state index contributed by atoms with van der Waals surface area (Å²) in [5.74, 6) is 1.24. The highest BCUT2D eigenvalue weighted by molar-refractivity contribution is 5.94. The van der Waals surface area contributed by atoms with Gasteiger partial charge < -0.3 is 14.3 Å². The summed E-state index contributed by atoms with van der Waals surface area (Å²) < 4.78 is 5.61. The third-order valence-corrected chi connectivity index (χ3v) is 5.36. The molecule has 0 aliphatic carbocycles. The van der Waals surface area contributed by atoms with Gasteiger partial charge in [-0.15, -0.1) is 0 Å². The number of hydrogen-bond donors (Lipinski definition) is 0. The molecule has 0 bridgehead atoms. The van der Waals surface area contributed by atoms with Crippen LogP contribution in [-0.4, -0.2) is 51.6 Å². The quantitative estimate of drug-likeness (QED) is 0.674. The molecule has 3 aromatic rings. The second-order valence-corrected chi connectivity index (χ2v) is 7.48. The lowest BCUT2D eigenvalue weighted by atomic mass is 10.0. The molecule has 0 radical (unpaired) electrons. The van der Waals surface area contributed by atoms with E-state index in [1.807, 2.05) is 37.7 Å². The van der Waals surface area contributed by atoms with Crippen molar-refractivity contribution in [2.45, 2.75) is 32.7 Å². The highest BCUT2D eigenvalue weighted by Gasteiger charge is 2.35. The summed E-state index contributed by atoms with van der Waals surface area (Å²) in [6, 6.07) is 3.33. The topological polar surface area (TPSA) is 88.3 Å². The van der Waals surface area contributed by atoms with Gasteiger partial charge in [-0.1, -0.05) is 5.16 Å². The van der Waals surface area contributed by atoms with Crippen molar-refractivity contribution in [3.63, 3.8) is 0 Å². The van der Waals surface area contributed by atoms with Crippen LogP contribution in [0.2, 0.25) is 0 Å². The minimum Gasteiger partial charge on any atom is -0.356 e. The van der Waals surface area contributed by atoms with Crippen molar-refractivity contribution in [2.24, 2.45) is 0 Å². The third kappa shape index (κ3) is 3.46. The van der Waals surface area contributed by atoms with E-state index in [9.17, 15) is 4.79 Å². The summed E-state index contributed by atoms with van der Waals surface area (Å²) in [4.78, 5) is 30.2. The van der Waals surface area contributed by atoms with E-state index in [0.29, 0.717) is 23.8 Å². The Morgan fingerprint density at radius 3 is 2.66 bits per heavy atom. The first-order valence-electron chi connectivity index (χ1n) is 9.66. The van der Waals surface area contributed by atoms with Gasteiger partial charge in [0.15, 0.2) is 5.76 Å². The molecule has 29 heavy (non-hydrogen) atoms. The monoisotopic (exact) mass is 392 g/mol. The molecule has 8 heteroatoms. The Balaban J connectivity index is 1.80. The number of carbonyl (C=O) groups excluding carboxylic acids is 1. The maximum Gasteiger partial charge on any atom is 0.254 e. The number of hydrogen-bond acceptors (Lipinski definition) is 7. The molecule has 1 aliphatic heterocycles. The zero-order valence-corrected chi connectivity index (χ0v) is 17.1. The Labute approximate surface area is 169 Å². The normalized spacial score (nSPS) is 16.3. The van der Waals surface area contributed by atoms with Gasteiger partial charge in [0.25, 0.3) is 5.91 Å². The largest absolute Gasteiger partial charge is 0.356 e. The van der Waals surface area contributed by atoms with Gasteiger partial charge in [0.2, 0.25) is 5.95 Å². The zero-order chi connectivity index (χ0) is 20.5. The molecule has 1 amide bonds. The minimum absolute atomic E-state index is 0.0173. The van der Waals surface area contributed by atoms with Gasteiger partial charge in [0, 0.05) is 50.4 Å². The van der Waals surface area contributed by atoms with E-state index in [2.05, 4.69) is 15.1 Å². The predicted molar refractivity (Wildman–Crippen MR) is 109 cm³/mol. The van der Waals surface area contributed by atoms with Crippen LogP contribution in [0.5, 0.6) is 0 Å². The number of amides is 1. The number of anilines is 1. The van der Waals surface area contributed by atoms with Crippen LogP contribution in [0.4, 0.5) is 5.95 Å². The lowest BCUT2D eigenvalue weighted by Gasteiger charge is -2.26. The highest BCUT2D eigenvalue weighted by atomic mass is 16.5. The zero-order valence-electron chi connectivity index (χ0n) is 17.1. The number of aryl methyl sites for hydroxylation is 1. The minimum atomic E-state index is -0.155. The van der Waals surface area contributed by atoms with Crippen LogP contribution in [0, 0.1) is 13.8 Å². The maximum atomic E-state index is 13.2. The number of aromatic nitrogens is 4. The van der Waals surface area contributed by atoms with Crippen LogP contribution in [0.1, 0.15) is 46.2 Å². The predicted octanol–water partition coefficient (Wildman–Crippen LogP) is 3.19. The second-order valence-electron chi connectivity index (χ2n) is 7.48. The van der Waals surface area contributed by atoms with Crippen LogP contribution in [-0.2, 0) is 0 Å². The number of likely N-dealkylation sites (tertiary alicyclic amines) is 1. The van der Waals surface area contributed by atoms with Crippen molar-refractivity contribution in [2.75, 3.05) is 25.5 Å². The molecule has 0 saturated carbocycles. The molecule has 0 N–H and O–H groups in total. The van der Waals surface area contributed by atoms with Crippen molar-refractivity contribution >= 4 is 11.9 Å². The molecule has 1 aliphatic rings. The number of carbonyl (C=O) groups is 1. The van der Waals surface area contributed by atoms with Gasteiger partial charge in [-0.3, -0.25) is 9.78 Å². The average molecular weight is 392 g/mol. The van der Waals surface area contributed by atoms with Crippen molar-refractivity contribution in [1.82, 2.24) is 25.0 Å². The summed E-state index contributed by atoms with van der Waals surface area (Å²) >= 11 is 0. The van der Waals surface area contributed by atoms with Gasteiger partial charge in [0.1, 0.15) is 0 Å². The van der Waals surface area contributed by atoms with E-state index >= 15 is 0 Å². The Morgan fingerprint density at radius 2 is 2.00 bits per heavy atom. The maximum absolute atomic E-state index is 13.2. The first-order chi connectivity index (χ1) is 14.0. The molecule has 8 nitrogen and oxygen atoms in total. The molecule has 3 aromatic heterocycles. The Hall–Kier alpha value is -3.29. The lowest BCUT2D eigenvalue weighted by molar-refractivity contribution is 0.0733. The number of rotatable bonds is 4. The van der Waals surface area contributed by atoms with E-state index in [0.717, 1.165) is 35.4 Å². The SMILES string of the molecule is Cc1noc(-c2cnc(N(C)C)nc2[C@@H]2CCCN2C(=O)c2ccncc2)c1C. The average Bonchev–Trinajstić information content (AvgIpc) is 3.35. The summed E-state index contributed by atoms with van der Waals surface area (Å²) in [6.07, 6.45) is 6.80. The Kier molecular flexibility index (Phi) is 5.00. The van der Waals surface area contributed by atoms with Crippen LogP contribution in [0.15, 0.2) is 35.2 Å². The standard InChI is InChI=1S/C21H24N6O2/c1-13-14(2)25-29-19(13)16-12-23-21(26(3)4)24-18(16)17-6-5-11-27(17)20(28)15-7-9-22-10-8-15/h7-10,12,17H,5-6,11H2,1-4H3/t17-/m0/s1. The van der Waals surface area contributed by atoms with E-state index in [4.69, 9.17) is 9.51 Å². The van der Waals surface area contributed by atoms with Crippen LogP contribution < -0.4 is 4.90 Å². The van der Waals surface area contributed by atoms with Gasteiger partial charge >= 0.3 is 0 Å². The van der Waals surface area contributed by atoms with Crippen molar-refractivity contribution < 1.29 is 9.32 Å². The van der Waals surface area contributed by atoms with Crippen molar-refractivity contribution in [1.29, 1.82) is 0 Å². The van der Waals surface area contributed by atoms with Crippen LogP contribution in [0.25, 0.3) is 11.3 Å². The molecule has 4 rings (SSSR count). The summed E-state index contributed by atoms with van der Waals surface area (Å²) in [7, 11) is 3.80. The van der Waals surface area contributed by atoms with Crippen molar-refractivity contribution in [3.05, 3.63) is 53.2 Å². The summed E-state index contributed by atoms with van der Waals surface area (Å²) in [5, 5.41) is 4.09.